The first kappa shape index (κ1) is 12.0. The highest BCUT2D eigenvalue weighted by molar-refractivity contribution is 6.00. The second-order valence-electron chi connectivity index (χ2n) is 3.83. The van der Waals surface area contributed by atoms with E-state index in [1.807, 2.05) is 0 Å². The lowest BCUT2D eigenvalue weighted by molar-refractivity contribution is -0.137. The van der Waals surface area contributed by atoms with Gasteiger partial charge in [-0.3, -0.25) is 14.6 Å². The van der Waals surface area contributed by atoms with Crippen LogP contribution in [0.5, 0.6) is 0 Å². The number of rotatable bonds is 4. The van der Waals surface area contributed by atoms with Crippen LogP contribution in [-0.4, -0.2) is 50.1 Å². The Labute approximate surface area is 103 Å². The highest BCUT2D eigenvalue weighted by atomic mass is 16.4. The van der Waals surface area contributed by atoms with E-state index in [2.05, 4.69) is 10.1 Å². The maximum absolute atomic E-state index is 12.1. The number of aliphatic carboxylic acids is 1. The predicted molar refractivity (Wildman–Crippen MR) is 62.2 cm³/mol. The summed E-state index contributed by atoms with van der Waals surface area (Å²) in [5.74, 6) is -1.20. The Kier molecular flexibility index (Phi) is 3.22. The summed E-state index contributed by atoms with van der Waals surface area (Å²) >= 11 is 0. The molecule has 7 heteroatoms. The van der Waals surface area contributed by atoms with E-state index in [1.165, 1.54) is 11.1 Å². The van der Waals surface area contributed by atoms with Crippen molar-refractivity contribution in [2.24, 2.45) is 0 Å². The van der Waals surface area contributed by atoms with Gasteiger partial charge in [0.05, 0.1) is 29.9 Å². The van der Waals surface area contributed by atoms with E-state index in [9.17, 15) is 9.59 Å². The summed E-state index contributed by atoms with van der Waals surface area (Å²) in [6, 6.07) is 0. The van der Waals surface area contributed by atoms with E-state index in [0.29, 0.717) is 11.1 Å². The van der Waals surface area contributed by atoms with E-state index in [-0.39, 0.29) is 18.9 Å². The van der Waals surface area contributed by atoms with Gasteiger partial charge in [-0.1, -0.05) is 0 Å². The SMILES string of the molecule is CN(CCC(=O)O)C(=O)c1cnn2ccncc12. The molecule has 2 aromatic rings. The summed E-state index contributed by atoms with van der Waals surface area (Å²) in [5.41, 5.74) is 1.01. The molecule has 0 fully saturated rings. The lowest BCUT2D eigenvalue weighted by atomic mass is 10.2. The Morgan fingerprint density at radius 3 is 2.94 bits per heavy atom. The minimum atomic E-state index is -0.934. The molecule has 0 unspecified atom stereocenters. The summed E-state index contributed by atoms with van der Waals surface area (Å²) in [6.07, 6.45) is 6.13. The molecule has 0 atom stereocenters. The van der Waals surface area contributed by atoms with Gasteiger partial charge < -0.3 is 10.0 Å². The smallest absolute Gasteiger partial charge is 0.305 e. The second kappa shape index (κ2) is 4.82. The Hall–Kier alpha value is -2.44. The normalized spacial score (nSPS) is 10.5. The Morgan fingerprint density at radius 2 is 2.22 bits per heavy atom. The van der Waals surface area contributed by atoms with Crippen LogP contribution in [0.2, 0.25) is 0 Å². The lowest BCUT2D eigenvalue weighted by Crippen LogP contribution is -2.28. The van der Waals surface area contributed by atoms with E-state index in [4.69, 9.17) is 5.11 Å². The van der Waals surface area contributed by atoms with Crippen molar-refractivity contribution in [3.8, 4) is 0 Å². The molecule has 1 amide bonds. The van der Waals surface area contributed by atoms with Gasteiger partial charge in [-0.15, -0.1) is 0 Å². The minimum absolute atomic E-state index is 0.0836. The van der Waals surface area contributed by atoms with Crippen molar-refractivity contribution in [1.82, 2.24) is 19.5 Å². The Bertz CT molecular complexity index is 593. The summed E-state index contributed by atoms with van der Waals surface area (Å²) in [5, 5.41) is 12.6. The number of aromatic nitrogens is 3. The van der Waals surface area contributed by atoms with Gasteiger partial charge >= 0.3 is 5.97 Å². The summed E-state index contributed by atoms with van der Waals surface area (Å²) in [4.78, 5) is 27.8. The van der Waals surface area contributed by atoms with Crippen LogP contribution in [0, 0.1) is 0 Å². The standard InChI is InChI=1S/C11H12N4O3/c1-14(4-2-10(16)17)11(18)8-6-13-15-5-3-12-7-9(8)15/h3,5-7H,2,4H2,1H3,(H,16,17). The quantitative estimate of drug-likeness (QED) is 0.839. The number of hydrogen-bond acceptors (Lipinski definition) is 4. The second-order valence-corrected chi connectivity index (χ2v) is 3.83. The molecule has 1 N–H and O–H groups in total. The number of hydrogen-bond donors (Lipinski definition) is 1. The van der Waals surface area contributed by atoms with Crippen LogP contribution in [0.4, 0.5) is 0 Å². The van der Waals surface area contributed by atoms with Gasteiger partial charge in [-0.25, -0.2) is 4.52 Å². The van der Waals surface area contributed by atoms with Gasteiger partial charge in [0.1, 0.15) is 0 Å². The molecule has 0 spiro atoms. The van der Waals surface area contributed by atoms with Crippen molar-refractivity contribution in [3.05, 3.63) is 30.4 Å². The molecule has 2 heterocycles. The molecule has 0 aromatic carbocycles. The van der Waals surface area contributed by atoms with Gasteiger partial charge in [-0.05, 0) is 0 Å². The van der Waals surface area contributed by atoms with Gasteiger partial charge in [0.25, 0.3) is 5.91 Å². The zero-order valence-electron chi connectivity index (χ0n) is 9.78. The van der Waals surface area contributed by atoms with Crippen molar-refractivity contribution in [1.29, 1.82) is 0 Å². The van der Waals surface area contributed by atoms with Crippen LogP contribution in [0.1, 0.15) is 16.8 Å². The third-order valence-electron chi connectivity index (χ3n) is 2.56. The first-order chi connectivity index (χ1) is 8.59. The molecule has 0 aliphatic carbocycles. The van der Waals surface area contributed by atoms with E-state index >= 15 is 0 Å². The monoisotopic (exact) mass is 248 g/mol. The molecule has 0 bridgehead atoms. The minimum Gasteiger partial charge on any atom is -0.481 e. The third kappa shape index (κ3) is 2.29. The molecule has 18 heavy (non-hydrogen) atoms. The van der Waals surface area contributed by atoms with Gasteiger partial charge in [0.15, 0.2) is 0 Å². The number of amides is 1. The maximum Gasteiger partial charge on any atom is 0.305 e. The van der Waals surface area contributed by atoms with Crippen molar-refractivity contribution in [3.63, 3.8) is 0 Å². The molecule has 0 aliphatic heterocycles. The first-order valence-electron chi connectivity index (χ1n) is 5.34. The fourth-order valence-electron chi connectivity index (χ4n) is 1.57. The zero-order chi connectivity index (χ0) is 13.1. The summed E-state index contributed by atoms with van der Waals surface area (Å²) in [7, 11) is 1.56. The highest BCUT2D eigenvalue weighted by Gasteiger charge is 2.17. The van der Waals surface area contributed by atoms with Crippen LogP contribution in [0.15, 0.2) is 24.8 Å². The van der Waals surface area contributed by atoms with Gasteiger partial charge in [-0.2, -0.15) is 5.10 Å². The average Bonchev–Trinajstić information content (AvgIpc) is 2.78. The molecule has 7 nitrogen and oxygen atoms in total. The molecule has 2 aromatic heterocycles. The largest absolute Gasteiger partial charge is 0.481 e. The van der Waals surface area contributed by atoms with Gasteiger partial charge in [0, 0.05) is 26.0 Å². The molecule has 0 aliphatic rings. The number of fused-ring (bicyclic) bond motifs is 1. The molecule has 0 radical (unpaired) electrons. The van der Waals surface area contributed by atoms with Crippen molar-refractivity contribution in [2.45, 2.75) is 6.42 Å². The van der Waals surface area contributed by atoms with Crippen LogP contribution >= 0.6 is 0 Å². The van der Waals surface area contributed by atoms with Crippen LogP contribution in [0.25, 0.3) is 5.52 Å². The van der Waals surface area contributed by atoms with E-state index in [0.717, 1.165) is 0 Å². The highest BCUT2D eigenvalue weighted by Crippen LogP contribution is 2.11. The fraction of sp³-hybridized carbons (Fsp3) is 0.273. The summed E-state index contributed by atoms with van der Waals surface area (Å²) < 4.78 is 1.55. The van der Waals surface area contributed by atoms with E-state index in [1.54, 1.807) is 30.2 Å². The molecular weight excluding hydrogens is 236 g/mol. The van der Waals surface area contributed by atoms with Crippen molar-refractivity contribution >= 4 is 17.4 Å². The lowest BCUT2D eigenvalue weighted by Gasteiger charge is -2.14. The van der Waals surface area contributed by atoms with E-state index < -0.39 is 5.97 Å². The Balaban J connectivity index is 2.20. The van der Waals surface area contributed by atoms with Crippen LogP contribution < -0.4 is 0 Å². The first-order valence-corrected chi connectivity index (χ1v) is 5.34. The molecule has 2 rings (SSSR count). The fourth-order valence-corrected chi connectivity index (χ4v) is 1.57. The number of carbonyl (C=O) groups is 2. The number of carboxylic acid groups (broad SMARTS) is 1. The molecular formula is C11H12N4O3. The third-order valence-corrected chi connectivity index (χ3v) is 2.56. The van der Waals surface area contributed by atoms with Crippen LogP contribution in [-0.2, 0) is 4.79 Å². The predicted octanol–water partition coefficient (Wildman–Crippen LogP) is 0.276. The summed E-state index contributed by atoms with van der Waals surface area (Å²) in [6.45, 7) is 0.159. The topological polar surface area (TPSA) is 87.8 Å². The molecule has 0 saturated heterocycles. The van der Waals surface area contributed by atoms with Crippen molar-refractivity contribution in [2.75, 3.05) is 13.6 Å². The maximum atomic E-state index is 12.1. The number of carboxylic acids is 1. The number of nitrogens with zero attached hydrogens (tertiary/aromatic N) is 4. The average molecular weight is 248 g/mol. The Morgan fingerprint density at radius 1 is 1.44 bits per heavy atom. The van der Waals surface area contributed by atoms with Crippen molar-refractivity contribution < 1.29 is 14.7 Å². The molecule has 0 saturated carbocycles. The zero-order valence-corrected chi connectivity index (χ0v) is 9.78. The molecule has 94 valence electrons. The van der Waals surface area contributed by atoms with Gasteiger partial charge in [0.2, 0.25) is 0 Å². The number of carbonyl (C=O) groups excluding carboxylic acids is 1. The van der Waals surface area contributed by atoms with Crippen LogP contribution in [0.3, 0.4) is 0 Å².